The molecule has 1 amide bonds. The number of carbonyl (C=O) groups is 1. The molecule has 2 fully saturated rings. The molecule has 6 nitrogen and oxygen atoms in total. The highest BCUT2D eigenvalue weighted by Gasteiger charge is 2.21. The van der Waals surface area contributed by atoms with Crippen LogP contribution < -0.4 is 5.32 Å². The van der Waals surface area contributed by atoms with E-state index in [9.17, 15) is 4.79 Å². The van der Waals surface area contributed by atoms with Gasteiger partial charge >= 0.3 is 0 Å². The number of piperidine rings is 1. The van der Waals surface area contributed by atoms with Gasteiger partial charge in [-0.05, 0) is 58.2 Å². The van der Waals surface area contributed by atoms with Gasteiger partial charge in [0.2, 0.25) is 5.91 Å². The van der Waals surface area contributed by atoms with Gasteiger partial charge in [-0.3, -0.25) is 14.8 Å². The molecule has 0 aliphatic carbocycles. The third-order valence-corrected chi connectivity index (χ3v) is 5.13. The molecule has 2 aliphatic heterocycles. The first-order valence-corrected chi connectivity index (χ1v) is 9.04. The molecule has 0 unspecified atom stereocenters. The van der Waals surface area contributed by atoms with Crippen LogP contribution in [-0.2, 0) is 22.5 Å². The Bertz CT molecular complexity index is 520. The maximum absolute atomic E-state index is 12.1. The maximum Gasteiger partial charge on any atom is 0.223 e. The Morgan fingerprint density at radius 1 is 1.17 bits per heavy atom. The number of nitrogens with zero attached hydrogens (tertiary/aromatic N) is 3. The van der Waals surface area contributed by atoms with Gasteiger partial charge in [0.15, 0.2) is 0 Å². The number of ether oxygens (including phenoxy) is 1. The number of aromatic nitrogens is 2. The van der Waals surface area contributed by atoms with E-state index in [1.54, 1.807) is 6.20 Å². The number of hydrogen-bond acceptors (Lipinski definition) is 5. The van der Waals surface area contributed by atoms with Gasteiger partial charge in [0.1, 0.15) is 0 Å². The van der Waals surface area contributed by atoms with Crippen molar-refractivity contribution in [3.63, 3.8) is 0 Å². The molecule has 3 rings (SSSR count). The molecule has 0 spiro atoms. The van der Waals surface area contributed by atoms with Crippen LogP contribution in [0.1, 0.15) is 37.1 Å². The molecule has 1 N–H and O–H groups in total. The molecule has 24 heavy (non-hydrogen) atoms. The van der Waals surface area contributed by atoms with E-state index < -0.39 is 0 Å². The van der Waals surface area contributed by atoms with E-state index in [1.165, 1.54) is 25.9 Å². The van der Waals surface area contributed by atoms with Gasteiger partial charge in [0.25, 0.3) is 0 Å². The van der Waals surface area contributed by atoms with Crippen LogP contribution in [0.25, 0.3) is 0 Å². The summed E-state index contributed by atoms with van der Waals surface area (Å²) in [6, 6.07) is 0. The molecule has 2 aliphatic rings. The lowest BCUT2D eigenvalue weighted by atomic mass is 9.92. The fourth-order valence-corrected chi connectivity index (χ4v) is 3.42. The van der Waals surface area contributed by atoms with Crippen molar-refractivity contribution < 1.29 is 9.53 Å². The molecule has 0 radical (unpaired) electrons. The lowest BCUT2D eigenvalue weighted by Crippen LogP contribution is -2.34. The van der Waals surface area contributed by atoms with Gasteiger partial charge in [0.05, 0.1) is 24.1 Å². The first kappa shape index (κ1) is 17.3. The second kappa shape index (κ2) is 8.53. The van der Waals surface area contributed by atoms with Crippen LogP contribution >= 0.6 is 0 Å². The quantitative estimate of drug-likeness (QED) is 0.883. The molecule has 3 heterocycles. The minimum atomic E-state index is 0.0791. The lowest BCUT2D eigenvalue weighted by Gasteiger charge is -2.28. The second-order valence-electron chi connectivity index (χ2n) is 7.05. The van der Waals surface area contributed by atoms with Crippen LogP contribution in [0.3, 0.4) is 0 Å². The van der Waals surface area contributed by atoms with Crippen LogP contribution in [0.4, 0.5) is 0 Å². The van der Waals surface area contributed by atoms with E-state index in [0.717, 1.165) is 36.6 Å². The summed E-state index contributed by atoms with van der Waals surface area (Å²) in [7, 11) is 2.18. The Morgan fingerprint density at radius 2 is 1.83 bits per heavy atom. The number of rotatable bonds is 5. The third-order valence-electron chi connectivity index (χ3n) is 5.13. The molecule has 6 heteroatoms. The average molecular weight is 332 g/mol. The van der Waals surface area contributed by atoms with Crippen molar-refractivity contribution in [3.05, 3.63) is 23.8 Å². The Labute approximate surface area is 144 Å². The van der Waals surface area contributed by atoms with E-state index in [2.05, 4.69) is 27.2 Å². The fourth-order valence-electron chi connectivity index (χ4n) is 3.42. The molecule has 0 atom stereocenters. The van der Waals surface area contributed by atoms with Gasteiger partial charge in [-0.15, -0.1) is 0 Å². The summed E-state index contributed by atoms with van der Waals surface area (Å²) in [6.45, 7) is 4.17. The predicted octanol–water partition coefficient (Wildman–Crippen LogP) is 1.40. The van der Waals surface area contributed by atoms with Crippen LogP contribution in [0.5, 0.6) is 0 Å². The molecular weight excluding hydrogens is 304 g/mol. The number of likely N-dealkylation sites (tertiary alicyclic amines) is 1. The number of nitrogens with one attached hydrogen (secondary N) is 1. The monoisotopic (exact) mass is 332 g/mol. The number of hydrogen-bond donors (Lipinski definition) is 1. The highest BCUT2D eigenvalue weighted by Crippen LogP contribution is 2.19. The Balaban J connectivity index is 1.43. The summed E-state index contributed by atoms with van der Waals surface area (Å²) in [5.41, 5.74) is 1.88. The van der Waals surface area contributed by atoms with Gasteiger partial charge < -0.3 is 15.0 Å². The number of amides is 1. The van der Waals surface area contributed by atoms with Gasteiger partial charge in [0, 0.05) is 25.3 Å². The van der Waals surface area contributed by atoms with Crippen LogP contribution in [0, 0.1) is 11.8 Å². The van der Waals surface area contributed by atoms with E-state index in [-0.39, 0.29) is 11.8 Å². The molecule has 1 aromatic heterocycles. The second-order valence-corrected chi connectivity index (χ2v) is 7.05. The first-order valence-electron chi connectivity index (χ1n) is 9.04. The Kier molecular flexibility index (Phi) is 6.15. The molecule has 0 aromatic carbocycles. The van der Waals surface area contributed by atoms with E-state index in [4.69, 9.17) is 4.74 Å². The predicted molar refractivity (Wildman–Crippen MR) is 91.3 cm³/mol. The zero-order chi connectivity index (χ0) is 16.8. The molecule has 132 valence electrons. The van der Waals surface area contributed by atoms with Gasteiger partial charge in [-0.25, -0.2) is 0 Å². The van der Waals surface area contributed by atoms with Crippen LogP contribution in [0.15, 0.2) is 12.4 Å². The summed E-state index contributed by atoms with van der Waals surface area (Å²) in [5.74, 6) is 0.903. The molecule has 0 saturated carbocycles. The van der Waals surface area contributed by atoms with Crippen molar-refractivity contribution in [1.29, 1.82) is 0 Å². The van der Waals surface area contributed by atoms with Crippen molar-refractivity contribution in [3.8, 4) is 0 Å². The highest BCUT2D eigenvalue weighted by molar-refractivity contribution is 5.78. The smallest absolute Gasteiger partial charge is 0.223 e. The SMILES string of the molecule is CN1CCC(Cc2cnc(CNC(=O)C3CCOCC3)cn2)CC1. The van der Waals surface area contributed by atoms with E-state index in [1.807, 2.05) is 6.20 Å². The van der Waals surface area contributed by atoms with Crippen molar-refractivity contribution >= 4 is 5.91 Å². The van der Waals surface area contributed by atoms with E-state index in [0.29, 0.717) is 19.8 Å². The topological polar surface area (TPSA) is 67.4 Å². The normalized spacial score (nSPS) is 20.9. The minimum Gasteiger partial charge on any atom is -0.381 e. The van der Waals surface area contributed by atoms with Crippen molar-refractivity contribution in [2.24, 2.45) is 11.8 Å². The summed E-state index contributed by atoms with van der Waals surface area (Å²) < 4.78 is 5.29. The molecule has 2 saturated heterocycles. The van der Waals surface area contributed by atoms with Crippen LogP contribution in [0.2, 0.25) is 0 Å². The van der Waals surface area contributed by atoms with Crippen LogP contribution in [-0.4, -0.2) is 54.1 Å². The summed E-state index contributed by atoms with van der Waals surface area (Å²) >= 11 is 0. The highest BCUT2D eigenvalue weighted by atomic mass is 16.5. The summed E-state index contributed by atoms with van der Waals surface area (Å²) in [5, 5.41) is 2.97. The van der Waals surface area contributed by atoms with E-state index >= 15 is 0 Å². The van der Waals surface area contributed by atoms with Crippen molar-refractivity contribution in [1.82, 2.24) is 20.2 Å². The van der Waals surface area contributed by atoms with Crippen molar-refractivity contribution in [2.45, 2.75) is 38.6 Å². The Hall–Kier alpha value is -1.53. The zero-order valence-corrected chi connectivity index (χ0v) is 14.5. The average Bonchev–Trinajstić information content (AvgIpc) is 2.63. The largest absolute Gasteiger partial charge is 0.381 e. The third kappa shape index (κ3) is 4.98. The standard InChI is InChI=1S/C18H28N4O2/c1-22-6-2-14(3-7-22)10-16-11-20-17(12-19-16)13-21-18(23)15-4-8-24-9-5-15/h11-12,14-15H,2-10,13H2,1H3,(H,21,23). The Morgan fingerprint density at radius 3 is 2.50 bits per heavy atom. The molecular formula is C18H28N4O2. The summed E-state index contributed by atoms with van der Waals surface area (Å²) in [6.07, 6.45) is 8.78. The number of carbonyl (C=O) groups excluding carboxylic acids is 1. The first-order chi connectivity index (χ1) is 11.7. The molecule has 0 bridgehead atoms. The van der Waals surface area contributed by atoms with Gasteiger partial charge in [-0.2, -0.15) is 0 Å². The summed E-state index contributed by atoms with van der Waals surface area (Å²) in [4.78, 5) is 23.5. The maximum atomic E-state index is 12.1. The van der Waals surface area contributed by atoms with Gasteiger partial charge in [-0.1, -0.05) is 0 Å². The fraction of sp³-hybridized carbons (Fsp3) is 0.722. The minimum absolute atomic E-state index is 0.0791. The zero-order valence-electron chi connectivity index (χ0n) is 14.5. The lowest BCUT2D eigenvalue weighted by molar-refractivity contribution is -0.128. The van der Waals surface area contributed by atoms with Crippen molar-refractivity contribution in [2.75, 3.05) is 33.4 Å². The molecule has 1 aromatic rings.